The first-order valence-electron chi connectivity index (χ1n) is 11.5. The Morgan fingerprint density at radius 1 is 0.935 bits per heavy atom. The second-order valence-electron chi connectivity index (χ2n) is 12.6. The minimum absolute atomic E-state index is 0.0657. The number of ether oxygens (including phenoxy) is 1. The zero-order valence-corrected chi connectivity index (χ0v) is 24.7. The average molecular weight is 474 g/mol. The Hall–Kier alpha value is -0.636. The van der Waals surface area contributed by atoms with Crippen LogP contribution in [0.15, 0.2) is 12.7 Å². The van der Waals surface area contributed by atoms with Crippen molar-refractivity contribution in [2.45, 2.75) is 129 Å². The number of alkyl carbamates (subject to hydrolysis) is 1. The highest BCUT2D eigenvalue weighted by atomic mass is 28.4. The molecule has 0 aliphatic rings. The maximum Gasteiger partial charge on any atom is 0.408 e. The van der Waals surface area contributed by atoms with E-state index in [4.69, 9.17) is 13.6 Å². The van der Waals surface area contributed by atoms with Crippen molar-refractivity contribution in [3.05, 3.63) is 12.7 Å². The number of carbonyl (C=O) groups excluding carboxylic acids is 1. The van der Waals surface area contributed by atoms with E-state index in [9.17, 15) is 4.79 Å². The molecule has 31 heavy (non-hydrogen) atoms. The molecule has 5 nitrogen and oxygen atoms in total. The van der Waals surface area contributed by atoms with Crippen LogP contribution in [0.25, 0.3) is 0 Å². The number of allylic oxidation sites excluding steroid dienone is 1. The first-order valence-corrected chi connectivity index (χ1v) is 17.4. The van der Waals surface area contributed by atoms with E-state index in [0.29, 0.717) is 6.61 Å². The van der Waals surface area contributed by atoms with Gasteiger partial charge in [-0.15, -0.1) is 6.58 Å². The van der Waals surface area contributed by atoms with Gasteiger partial charge >= 0.3 is 6.09 Å². The predicted molar refractivity (Wildman–Crippen MR) is 138 cm³/mol. The summed E-state index contributed by atoms with van der Waals surface area (Å²) >= 11 is 0. The molecule has 1 amide bonds. The van der Waals surface area contributed by atoms with E-state index in [0.717, 1.165) is 12.8 Å². The molecule has 0 aromatic carbocycles. The van der Waals surface area contributed by atoms with Crippen molar-refractivity contribution >= 4 is 22.7 Å². The van der Waals surface area contributed by atoms with Gasteiger partial charge in [0.05, 0.1) is 18.8 Å². The van der Waals surface area contributed by atoms with Gasteiger partial charge in [-0.25, -0.2) is 4.79 Å². The van der Waals surface area contributed by atoms with Gasteiger partial charge in [0.1, 0.15) is 5.60 Å². The summed E-state index contributed by atoms with van der Waals surface area (Å²) in [6.07, 6.45) is 2.89. The van der Waals surface area contributed by atoms with E-state index in [1.165, 1.54) is 0 Å². The average Bonchev–Trinajstić information content (AvgIpc) is 2.51. The summed E-state index contributed by atoms with van der Waals surface area (Å²) in [5.74, 6) is 0. The fourth-order valence-electron chi connectivity index (χ4n) is 2.40. The van der Waals surface area contributed by atoms with Crippen LogP contribution in [0.5, 0.6) is 0 Å². The molecule has 0 saturated heterocycles. The maximum atomic E-state index is 12.7. The van der Waals surface area contributed by atoms with Crippen LogP contribution >= 0.6 is 0 Å². The Balaban J connectivity index is 5.86. The van der Waals surface area contributed by atoms with Crippen molar-refractivity contribution in [3.8, 4) is 0 Å². The van der Waals surface area contributed by atoms with Crippen molar-refractivity contribution in [1.82, 2.24) is 5.32 Å². The highest BCUT2D eigenvalue weighted by Gasteiger charge is 2.43. The maximum absolute atomic E-state index is 12.7. The Morgan fingerprint density at radius 3 is 1.81 bits per heavy atom. The molecule has 0 heterocycles. The standard InChI is InChI=1S/C24H51NO4Si2/c1-15-16-17-20(29-31(13,14)24(8,9)10)19(25-21(26)28-22(2,3)4)18-27-30(11,12)23(5,6)7/h15,19-20H,1,16-18H2,2-14H3,(H,25,26)/t19-,20-/m1/s1. The fraction of sp³-hybridized carbons (Fsp3) is 0.875. The molecule has 0 aliphatic heterocycles. The summed E-state index contributed by atoms with van der Waals surface area (Å²) < 4.78 is 18.9. The van der Waals surface area contributed by atoms with Gasteiger partial charge in [0.2, 0.25) is 0 Å². The molecule has 0 aromatic rings. The fourth-order valence-corrected chi connectivity index (χ4v) is 4.82. The van der Waals surface area contributed by atoms with Gasteiger partial charge < -0.3 is 18.9 Å². The van der Waals surface area contributed by atoms with Crippen LogP contribution in [0.2, 0.25) is 36.3 Å². The van der Waals surface area contributed by atoms with Crippen molar-refractivity contribution in [2.24, 2.45) is 0 Å². The molecule has 184 valence electrons. The molecule has 0 aliphatic carbocycles. The third kappa shape index (κ3) is 10.7. The lowest BCUT2D eigenvalue weighted by atomic mass is 10.1. The largest absolute Gasteiger partial charge is 0.444 e. The summed E-state index contributed by atoms with van der Waals surface area (Å²) in [6.45, 7) is 32.2. The van der Waals surface area contributed by atoms with Crippen LogP contribution in [0, 0.1) is 0 Å². The van der Waals surface area contributed by atoms with E-state index in [2.05, 4.69) is 79.6 Å². The molecule has 0 unspecified atom stereocenters. The first-order chi connectivity index (χ1) is 13.6. The van der Waals surface area contributed by atoms with Crippen molar-refractivity contribution in [2.75, 3.05) is 6.61 Å². The smallest absolute Gasteiger partial charge is 0.408 e. The van der Waals surface area contributed by atoms with Crippen LogP contribution in [0.3, 0.4) is 0 Å². The van der Waals surface area contributed by atoms with Gasteiger partial charge in [0.15, 0.2) is 16.6 Å². The van der Waals surface area contributed by atoms with Crippen molar-refractivity contribution in [1.29, 1.82) is 0 Å². The van der Waals surface area contributed by atoms with Crippen LogP contribution < -0.4 is 5.32 Å². The van der Waals surface area contributed by atoms with Crippen LogP contribution in [-0.2, 0) is 13.6 Å². The highest BCUT2D eigenvalue weighted by molar-refractivity contribution is 6.74. The predicted octanol–water partition coefficient (Wildman–Crippen LogP) is 7.26. The SMILES string of the molecule is C=CCC[C@@H](O[Si](C)(C)C(C)(C)C)[C@@H](CO[Si](C)(C)C(C)(C)C)NC(=O)OC(C)(C)C. The van der Waals surface area contributed by atoms with Gasteiger partial charge in [-0.05, 0) is 69.9 Å². The lowest BCUT2D eigenvalue weighted by molar-refractivity contribution is 0.0367. The van der Waals surface area contributed by atoms with E-state index in [1.807, 2.05) is 26.8 Å². The second-order valence-corrected chi connectivity index (χ2v) is 22.2. The molecule has 0 rings (SSSR count). The summed E-state index contributed by atoms with van der Waals surface area (Å²) in [5, 5.41) is 3.23. The lowest BCUT2D eigenvalue weighted by Crippen LogP contribution is -2.55. The van der Waals surface area contributed by atoms with E-state index < -0.39 is 28.3 Å². The minimum atomic E-state index is -2.06. The third-order valence-electron chi connectivity index (χ3n) is 6.49. The Morgan fingerprint density at radius 2 is 1.42 bits per heavy atom. The van der Waals surface area contributed by atoms with Crippen LogP contribution in [0.1, 0.15) is 75.2 Å². The molecule has 0 saturated carbocycles. The van der Waals surface area contributed by atoms with Crippen molar-refractivity contribution < 1.29 is 18.4 Å². The molecule has 0 radical (unpaired) electrons. The minimum Gasteiger partial charge on any atom is -0.444 e. The second kappa shape index (κ2) is 11.0. The molecule has 7 heteroatoms. The Bertz CT molecular complexity index is 584. The van der Waals surface area contributed by atoms with Gasteiger partial charge in [-0.2, -0.15) is 0 Å². The number of hydrogen-bond acceptors (Lipinski definition) is 4. The van der Waals surface area contributed by atoms with Gasteiger partial charge in [-0.1, -0.05) is 47.6 Å². The normalized spacial score (nSPS) is 15.9. The summed E-state index contributed by atoms with van der Waals surface area (Å²) in [4.78, 5) is 12.7. The molecule has 1 N–H and O–H groups in total. The zero-order valence-electron chi connectivity index (χ0n) is 22.7. The molecular formula is C24H51NO4Si2. The Kier molecular flexibility index (Phi) is 10.8. The molecule has 2 atom stereocenters. The zero-order chi connectivity index (χ0) is 24.9. The molecule has 0 bridgehead atoms. The number of nitrogens with one attached hydrogen (secondary N) is 1. The van der Waals surface area contributed by atoms with Crippen molar-refractivity contribution in [3.63, 3.8) is 0 Å². The number of rotatable bonds is 10. The first kappa shape index (κ1) is 30.4. The monoisotopic (exact) mass is 473 g/mol. The topological polar surface area (TPSA) is 56.8 Å². The quantitative estimate of drug-likeness (QED) is 0.268. The number of hydrogen-bond donors (Lipinski definition) is 1. The molecule has 0 spiro atoms. The molecule has 0 fully saturated rings. The number of carbonyl (C=O) groups is 1. The number of amides is 1. The molecular weight excluding hydrogens is 422 g/mol. The van der Waals surface area contributed by atoms with E-state index in [-0.39, 0.29) is 22.2 Å². The summed E-state index contributed by atoms with van der Waals surface area (Å²) in [6, 6.07) is -0.293. The summed E-state index contributed by atoms with van der Waals surface area (Å²) in [5.41, 5.74) is -0.564. The van der Waals surface area contributed by atoms with E-state index in [1.54, 1.807) is 0 Å². The van der Waals surface area contributed by atoms with Gasteiger partial charge in [0.25, 0.3) is 0 Å². The third-order valence-corrected chi connectivity index (χ3v) is 15.5. The van der Waals surface area contributed by atoms with E-state index >= 15 is 0 Å². The van der Waals surface area contributed by atoms with Gasteiger partial charge in [-0.3, -0.25) is 0 Å². The highest BCUT2D eigenvalue weighted by Crippen LogP contribution is 2.39. The van der Waals surface area contributed by atoms with Crippen LogP contribution in [-0.4, -0.2) is 47.1 Å². The van der Waals surface area contributed by atoms with Crippen LogP contribution in [0.4, 0.5) is 4.79 Å². The molecule has 0 aromatic heterocycles. The summed E-state index contributed by atoms with van der Waals surface area (Å²) in [7, 11) is -4.06. The van der Waals surface area contributed by atoms with Gasteiger partial charge in [0, 0.05) is 0 Å². The lowest BCUT2D eigenvalue weighted by Gasteiger charge is -2.43. The Labute approximate surface area is 195 Å².